The zero-order chi connectivity index (χ0) is 20.3. The van der Waals surface area contributed by atoms with Crippen molar-refractivity contribution in [2.45, 2.75) is 68.7 Å². The number of hydrogen-bond donors (Lipinski definition) is 0. The van der Waals surface area contributed by atoms with Crippen LogP contribution in [0.5, 0.6) is 5.75 Å². The molecule has 7 heteroatoms. The highest BCUT2D eigenvalue weighted by atomic mass is 32.2. The zero-order valence-corrected chi connectivity index (χ0v) is 17.9. The van der Waals surface area contributed by atoms with Crippen LogP contribution in [-0.4, -0.2) is 55.8 Å². The van der Waals surface area contributed by atoms with Gasteiger partial charge < -0.3 is 9.64 Å². The summed E-state index contributed by atoms with van der Waals surface area (Å²) in [5.41, 5.74) is 0. The average Bonchev–Trinajstić information content (AvgIpc) is 2.78. The number of benzene rings is 1. The van der Waals surface area contributed by atoms with E-state index >= 15 is 0 Å². The molecule has 2 aliphatic heterocycles. The Morgan fingerprint density at radius 1 is 0.897 bits per heavy atom. The molecule has 3 aliphatic rings. The first-order valence-corrected chi connectivity index (χ1v) is 12.5. The molecule has 29 heavy (non-hydrogen) atoms. The van der Waals surface area contributed by atoms with Gasteiger partial charge in [-0.25, -0.2) is 8.42 Å². The van der Waals surface area contributed by atoms with Crippen LogP contribution in [-0.2, 0) is 14.8 Å². The molecule has 3 fully saturated rings. The first-order valence-electron chi connectivity index (χ1n) is 11.1. The van der Waals surface area contributed by atoms with Gasteiger partial charge in [0.25, 0.3) is 5.91 Å². The van der Waals surface area contributed by atoms with E-state index in [1.54, 1.807) is 28.6 Å². The van der Waals surface area contributed by atoms with Gasteiger partial charge >= 0.3 is 0 Å². The quantitative estimate of drug-likeness (QED) is 0.732. The minimum absolute atomic E-state index is 0.0153. The maximum absolute atomic E-state index is 12.8. The zero-order valence-electron chi connectivity index (χ0n) is 17.1. The van der Waals surface area contributed by atoms with Crippen molar-refractivity contribution in [2.24, 2.45) is 5.92 Å². The van der Waals surface area contributed by atoms with Crippen molar-refractivity contribution >= 4 is 15.9 Å². The second-order valence-corrected chi connectivity index (χ2v) is 10.5. The minimum atomic E-state index is -3.44. The van der Waals surface area contributed by atoms with E-state index in [1.807, 2.05) is 4.90 Å². The number of likely N-dealkylation sites (tertiary alicyclic amines) is 1. The van der Waals surface area contributed by atoms with Crippen molar-refractivity contribution in [1.29, 1.82) is 0 Å². The smallest absolute Gasteiger partial charge is 0.260 e. The fourth-order valence-corrected chi connectivity index (χ4v) is 6.64. The number of sulfonamides is 1. The van der Waals surface area contributed by atoms with Crippen LogP contribution >= 0.6 is 0 Å². The number of hydrogen-bond acceptors (Lipinski definition) is 4. The monoisotopic (exact) mass is 420 g/mol. The van der Waals surface area contributed by atoms with Crippen molar-refractivity contribution in [2.75, 3.05) is 26.2 Å². The standard InChI is InChI=1S/C22H32N2O4S/c25-22(24-16-6-8-18-7-2-3-9-21(18)24)17-28-19-10-12-20(13-11-19)29(26,27)23-14-4-1-5-15-23/h10-13,18,21H,1-9,14-17H2/t18-,21-/m0/s1. The number of carbonyl (C=O) groups is 1. The molecule has 0 unspecified atom stereocenters. The van der Waals surface area contributed by atoms with E-state index in [9.17, 15) is 13.2 Å². The van der Waals surface area contributed by atoms with Crippen molar-refractivity contribution in [1.82, 2.24) is 9.21 Å². The molecule has 1 aromatic carbocycles. The molecule has 0 N–H and O–H groups in total. The van der Waals surface area contributed by atoms with E-state index in [-0.39, 0.29) is 12.5 Å². The van der Waals surface area contributed by atoms with E-state index in [4.69, 9.17) is 4.74 Å². The van der Waals surface area contributed by atoms with Gasteiger partial charge in [-0.15, -0.1) is 0 Å². The largest absolute Gasteiger partial charge is 0.484 e. The van der Waals surface area contributed by atoms with E-state index in [0.717, 1.165) is 38.6 Å². The predicted octanol–water partition coefficient (Wildman–Crippen LogP) is 3.42. The van der Waals surface area contributed by atoms with Gasteiger partial charge in [0.05, 0.1) is 4.90 Å². The Kier molecular flexibility index (Phi) is 6.44. The minimum Gasteiger partial charge on any atom is -0.484 e. The molecule has 160 valence electrons. The maximum Gasteiger partial charge on any atom is 0.260 e. The molecule has 0 bridgehead atoms. The molecule has 0 aromatic heterocycles. The van der Waals surface area contributed by atoms with E-state index < -0.39 is 10.0 Å². The third-order valence-corrected chi connectivity index (χ3v) is 8.62. The first kappa shape index (κ1) is 20.7. The van der Waals surface area contributed by atoms with Crippen LogP contribution in [0.15, 0.2) is 29.2 Å². The summed E-state index contributed by atoms with van der Waals surface area (Å²) in [6.45, 7) is 2.03. The van der Waals surface area contributed by atoms with Gasteiger partial charge in [-0.1, -0.05) is 19.3 Å². The molecule has 4 rings (SSSR count). The van der Waals surface area contributed by atoms with Gasteiger partial charge in [0.15, 0.2) is 6.61 Å². The third-order valence-electron chi connectivity index (χ3n) is 6.70. The van der Waals surface area contributed by atoms with Crippen molar-refractivity contribution < 1.29 is 17.9 Å². The normalized spacial score (nSPS) is 26.0. The molecule has 6 nitrogen and oxygen atoms in total. The first-order chi connectivity index (χ1) is 14.1. The van der Waals surface area contributed by atoms with E-state index in [1.165, 1.54) is 25.7 Å². The fourth-order valence-electron chi connectivity index (χ4n) is 5.12. The number of ether oxygens (including phenoxy) is 1. The summed E-state index contributed by atoms with van der Waals surface area (Å²) in [4.78, 5) is 15.1. The molecule has 0 spiro atoms. The number of amides is 1. The Balaban J connectivity index is 1.34. The van der Waals surface area contributed by atoms with Crippen LogP contribution in [0.4, 0.5) is 0 Å². The summed E-state index contributed by atoms with van der Waals surface area (Å²) < 4.78 is 32.7. The second kappa shape index (κ2) is 9.04. The van der Waals surface area contributed by atoms with Crippen LogP contribution in [0.1, 0.15) is 57.8 Å². The Labute approximate surface area is 174 Å². The molecule has 1 aliphatic carbocycles. The SMILES string of the molecule is O=C(COc1ccc(S(=O)(=O)N2CCCCC2)cc1)N1CCC[C@@H]2CCCC[C@@H]21. The number of piperidine rings is 2. The molecular formula is C22H32N2O4S. The van der Waals surface area contributed by atoms with Crippen LogP contribution < -0.4 is 4.74 Å². The number of rotatable bonds is 5. The van der Waals surface area contributed by atoms with Crippen molar-refractivity contribution in [3.8, 4) is 5.75 Å². The van der Waals surface area contributed by atoms with Gasteiger partial charge in [-0.2, -0.15) is 4.31 Å². The number of nitrogens with zero attached hydrogens (tertiary/aromatic N) is 2. The molecule has 2 atom stereocenters. The highest BCUT2D eigenvalue weighted by Gasteiger charge is 2.35. The van der Waals surface area contributed by atoms with Crippen LogP contribution in [0.3, 0.4) is 0 Å². The highest BCUT2D eigenvalue weighted by Crippen LogP contribution is 2.35. The van der Waals surface area contributed by atoms with Crippen LogP contribution in [0.25, 0.3) is 0 Å². The Morgan fingerprint density at radius 2 is 1.59 bits per heavy atom. The Bertz CT molecular complexity index is 801. The summed E-state index contributed by atoms with van der Waals surface area (Å²) >= 11 is 0. The molecule has 2 saturated heterocycles. The predicted molar refractivity (Wildman–Crippen MR) is 111 cm³/mol. The van der Waals surface area contributed by atoms with Gasteiger partial charge in [-0.3, -0.25) is 4.79 Å². The summed E-state index contributed by atoms with van der Waals surface area (Å²) in [6.07, 6.45) is 10.1. The topological polar surface area (TPSA) is 66.9 Å². The molecule has 2 heterocycles. The van der Waals surface area contributed by atoms with Gasteiger partial charge in [0, 0.05) is 25.7 Å². The van der Waals surface area contributed by atoms with E-state index in [0.29, 0.717) is 35.7 Å². The number of carbonyl (C=O) groups excluding carboxylic acids is 1. The lowest BCUT2D eigenvalue weighted by Crippen LogP contribution is -2.51. The molecule has 0 radical (unpaired) electrons. The fraction of sp³-hybridized carbons (Fsp3) is 0.682. The Morgan fingerprint density at radius 3 is 2.34 bits per heavy atom. The van der Waals surface area contributed by atoms with Crippen LogP contribution in [0.2, 0.25) is 0 Å². The summed E-state index contributed by atoms with van der Waals surface area (Å²) in [5.74, 6) is 1.24. The van der Waals surface area contributed by atoms with Crippen LogP contribution in [0, 0.1) is 5.92 Å². The molecular weight excluding hydrogens is 388 g/mol. The lowest BCUT2D eigenvalue weighted by atomic mass is 9.78. The molecule has 1 saturated carbocycles. The summed E-state index contributed by atoms with van der Waals surface area (Å²) in [5, 5.41) is 0. The lowest BCUT2D eigenvalue weighted by Gasteiger charge is -2.44. The van der Waals surface area contributed by atoms with Gasteiger partial charge in [0.1, 0.15) is 5.75 Å². The second-order valence-electron chi connectivity index (χ2n) is 8.57. The Hall–Kier alpha value is -1.60. The number of fused-ring (bicyclic) bond motifs is 1. The third kappa shape index (κ3) is 4.61. The van der Waals surface area contributed by atoms with Gasteiger partial charge in [-0.05, 0) is 68.7 Å². The van der Waals surface area contributed by atoms with Crippen molar-refractivity contribution in [3.63, 3.8) is 0 Å². The highest BCUT2D eigenvalue weighted by molar-refractivity contribution is 7.89. The van der Waals surface area contributed by atoms with Crippen molar-refractivity contribution in [3.05, 3.63) is 24.3 Å². The summed E-state index contributed by atoms with van der Waals surface area (Å²) in [6, 6.07) is 6.86. The van der Waals surface area contributed by atoms with E-state index in [2.05, 4.69) is 0 Å². The lowest BCUT2D eigenvalue weighted by molar-refractivity contribution is -0.139. The average molecular weight is 421 g/mol. The van der Waals surface area contributed by atoms with Gasteiger partial charge in [0.2, 0.25) is 10.0 Å². The maximum atomic E-state index is 12.8. The molecule has 1 amide bonds. The molecule has 1 aromatic rings. The summed E-state index contributed by atoms with van der Waals surface area (Å²) in [7, 11) is -3.44.